The third kappa shape index (κ3) is 3.82. The van der Waals surface area contributed by atoms with Gasteiger partial charge >= 0.3 is 0 Å². The van der Waals surface area contributed by atoms with Gasteiger partial charge in [0.2, 0.25) is 12.4 Å². The summed E-state index contributed by atoms with van der Waals surface area (Å²) in [5.74, 6) is 0.531. The Labute approximate surface area is 88.1 Å². The Morgan fingerprint density at radius 1 is 1.50 bits per heavy atom. The van der Waals surface area contributed by atoms with Crippen LogP contribution in [0.15, 0.2) is 10.7 Å². The van der Waals surface area contributed by atoms with Gasteiger partial charge in [0.05, 0.1) is 0 Å². The van der Waals surface area contributed by atoms with E-state index in [9.17, 15) is 8.78 Å². The zero-order valence-corrected chi connectivity index (χ0v) is 8.76. The molecule has 0 aliphatic rings. The van der Waals surface area contributed by atoms with Crippen LogP contribution >= 0.6 is 15.9 Å². The first-order valence-corrected chi connectivity index (χ1v) is 4.69. The number of hydrogen-bond acceptors (Lipinski definition) is 4. The highest BCUT2D eigenvalue weighted by molar-refractivity contribution is 9.10. The summed E-state index contributed by atoms with van der Waals surface area (Å²) in [6.45, 7) is 0.119. The van der Waals surface area contributed by atoms with Crippen molar-refractivity contribution in [2.45, 2.75) is 12.8 Å². The van der Waals surface area contributed by atoms with Gasteiger partial charge in [0.15, 0.2) is 0 Å². The first kappa shape index (κ1) is 11.1. The molecule has 0 saturated carbocycles. The Bertz CT molecular complexity index is 287. The molecule has 0 saturated heterocycles. The molecule has 1 aromatic heterocycles. The zero-order chi connectivity index (χ0) is 10.6. The minimum Gasteiger partial charge on any atom is -0.383 e. The first-order valence-electron chi connectivity index (χ1n) is 3.90. The molecule has 0 aliphatic heterocycles. The van der Waals surface area contributed by atoms with Crippen molar-refractivity contribution in [3.8, 4) is 0 Å². The van der Waals surface area contributed by atoms with Crippen LogP contribution < -0.4 is 11.1 Å². The summed E-state index contributed by atoms with van der Waals surface area (Å²) in [5, 5.41) is 2.65. The lowest BCUT2D eigenvalue weighted by Gasteiger charge is -2.04. The molecule has 0 aromatic carbocycles. The topological polar surface area (TPSA) is 63.8 Å². The minimum atomic E-state index is -2.33. The fourth-order valence-electron chi connectivity index (χ4n) is 0.807. The predicted molar refractivity (Wildman–Crippen MR) is 53.3 cm³/mol. The molecule has 3 N–H and O–H groups in total. The van der Waals surface area contributed by atoms with E-state index >= 15 is 0 Å². The molecule has 0 spiro atoms. The van der Waals surface area contributed by atoms with Gasteiger partial charge in [-0.25, -0.2) is 13.8 Å². The SMILES string of the molecule is Nc1cc(Br)nc(NCCC(F)F)n1. The highest BCUT2D eigenvalue weighted by atomic mass is 79.9. The van der Waals surface area contributed by atoms with Crippen LogP contribution in [0.4, 0.5) is 20.5 Å². The number of halogens is 3. The molecule has 0 radical (unpaired) electrons. The predicted octanol–water partition coefficient (Wildman–Crippen LogP) is 1.89. The summed E-state index contributed by atoms with van der Waals surface area (Å²) in [6, 6.07) is 1.53. The molecule has 1 aromatic rings. The number of nitrogen functional groups attached to an aromatic ring is 1. The minimum absolute atomic E-state index is 0.119. The van der Waals surface area contributed by atoms with Gasteiger partial charge in [-0.15, -0.1) is 0 Å². The largest absolute Gasteiger partial charge is 0.383 e. The lowest BCUT2D eigenvalue weighted by atomic mass is 10.4. The Hall–Kier alpha value is -0.980. The quantitative estimate of drug-likeness (QED) is 0.817. The zero-order valence-electron chi connectivity index (χ0n) is 7.17. The summed E-state index contributed by atoms with van der Waals surface area (Å²) < 4.78 is 24.1. The molecule has 7 heteroatoms. The maximum atomic E-state index is 11.8. The van der Waals surface area contributed by atoms with E-state index in [0.29, 0.717) is 4.60 Å². The second kappa shape index (κ2) is 5.04. The van der Waals surface area contributed by atoms with Gasteiger partial charge in [-0.05, 0) is 15.9 Å². The molecule has 1 heterocycles. The third-order valence-corrected chi connectivity index (χ3v) is 1.77. The van der Waals surface area contributed by atoms with Gasteiger partial charge in [-0.3, -0.25) is 0 Å². The van der Waals surface area contributed by atoms with Crippen LogP contribution in [-0.2, 0) is 0 Å². The number of nitrogens with two attached hydrogens (primary N) is 1. The number of aromatic nitrogens is 2. The van der Waals surface area contributed by atoms with Gasteiger partial charge in [-0.2, -0.15) is 4.98 Å². The van der Waals surface area contributed by atoms with E-state index in [2.05, 4.69) is 31.2 Å². The monoisotopic (exact) mass is 266 g/mol. The molecule has 14 heavy (non-hydrogen) atoms. The van der Waals surface area contributed by atoms with Crippen LogP contribution in [-0.4, -0.2) is 22.9 Å². The first-order chi connectivity index (χ1) is 6.58. The maximum Gasteiger partial charge on any atom is 0.240 e. The van der Waals surface area contributed by atoms with Gasteiger partial charge in [-0.1, -0.05) is 0 Å². The van der Waals surface area contributed by atoms with E-state index in [-0.39, 0.29) is 24.7 Å². The van der Waals surface area contributed by atoms with Crippen LogP contribution in [0.1, 0.15) is 6.42 Å². The van der Waals surface area contributed by atoms with Crippen LogP contribution in [0.5, 0.6) is 0 Å². The average molecular weight is 267 g/mol. The molecule has 0 atom stereocenters. The van der Waals surface area contributed by atoms with Gasteiger partial charge in [0.25, 0.3) is 0 Å². The van der Waals surface area contributed by atoms with Crippen molar-refractivity contribution in [3.05, 3.63) is 10.7 Å². The fraction of sp³-hybridized carbons (Fsp3) is 0.429. The number of alkyl halides is 2. The van der Waals surface area contributed by atoms with Crippen molar-refractivity contribution in [2.75, 3.05) is 17.6 Å². The number of rotatable bonds is 4. The molecular weight excluding hydrogens is 258 g/mol. The Balaban J connectivity index is 2.50. The Kier molecular flexibility index (Phi) is 3.99. The van der Waals surface area contributed by atoms with E-state index in [1.807, 2.05) is 0 Å². The van der Waals surface area contributed by atoms with E-state index in [1.165, 1.54) is 6.07 Å². The van der Waals surface area contributed by atoms with Crippen LogP contribution in [0, 0.1) is 0 Å². The molecule has 0 unspecified atom stereocenters. The number of nitrogens with zero attached hydrogens (tertiary/aromatic N) is 2. The van der Waals surface area contributed by atoms with E-state index < -0.39 is 6.43 Å². The maximum absolute atomic E-state index is 11.8. The van der Waals surface area contributed by atoms with Crippen molar-refractivity contribution < 1.29 is 8.78 Å². The summed E-state index contributed by atoms with van der Waals surface area (Å²) >= 11 is 3.11. The molecule has 0 fully saturated rings. The van der Waals surface area contributed by atoms with Crippen LogP contribution in [0.2, 0.25) is 0 Å². The van der Waals surface area contributed by atoms with E-state index in [0.717, 1.165) is 0 Å². The molecule has 4 nitrogen and oxygen atoms in total. The normalized spacial score (nSPS) is 10.6. The third-order valence-electron chi connectivity index (χ3n) is 1.36. The number of nitrogens with one attached hydrogen (secondary N) is 1. The number of anilines is 2. The van der Waals surface area contributed by atoms with Crippen molar-refractivity contribution in [3.63, 3.8) is 0 Å². The van der Waals surface area contributed by atoms with Crippen molar-refractivity contribution in [1.29, 1.82) is 0 Å². The van der Waals surface area contributed by atoms with Crippen LogP contribution in [0.3, 0.4) is 0 Å². The van der Waals surface area contributed by atoms with E-state index in [4.69, 9.17) is 5.73 Å². The summed E-state index contributed by atoms with van der Waals surface area (Å²) in [5.41, 5.74) is 5.42. The Morgan fingerprint density at radius 2 is 2.21 bits per heavy atom. The molecular formula is C7H9BrF2N4. The second-order valence-corrected chi connectivity index (χ2v) is 3.36. The molecule has 0 amide bonds. The summed E-state index contributed by atoms with van der Waals surface area (Å²) in [4.78, 5) is 7.71. The molecule has 1 rings (SSSR count). The van der Waals surface area contributed by atoms with E-state index in [1.54, 1.807) is 0 Å². The summed E-state index contributed by atoms with van der Waals surface area (Å²) in [7, 11) is 0. The summed E-state index contributed by atoms with van der Waals surface area (Å²) in [6.07, 6.45) is -2.57. The molecule has 0 bridgehead atoms. The second-order valence-electron chi connectivity index (χ2n) is 2.55. The van der Waals surface area contributed by atoms with Crippen molar-refractivity contribution in [1.82, 2.24) is 9.97 Å². The van der Waals surface area contributed by atoms with Gasteiger partial charge in [0, 0.05) is 19.0 Å². The molecule has 0 aliphatic carbocycles. The standard InChI is InChI=1S/C7H9BrF2N4/c8-4-3-6(11)14-7(13-4)12-2-1-5(9)10/h3,5H,1-2H2,(H3,11,12,13,14). The highest BCUT2D eigenvalue weighted by Gasteiger charge is 2.03. The van der Waals surface area contributed by atoms with Gasteiger partial charge in [0.1, 0.15) is 10.4 Å². The fourth-order valence-corrected chi connectivity index (χ4v) is 1.21. The van der Waals surface area contributed by atoms with Crippen molar-refractivity contribution in [2.24, 2.45) is 0 Å². The van der Waals surface area contributed by atoms with Crippen LogP contribution in [0.25, 0.3) is 0 Å². The lowest BCUT2D eigenvalue weighted by Crippen LogP contribution is -2.09. The number of hydrogen-bond donors (Lipinski definition) is 2. The van der Waals surface area contributed by atoms with Crippen molar-refractivity contribution >= 4 is 27.7 Å². The Morgan fingerprint density at radius 3 is 2.79 bits per heavy atom. The lowest BCUT2D eigenvalue weighted by molar-refractivity contribution is 0.142. The van der Waals surface area contributed by atoms with Gasteiger partial charge < -0.3 is 11.1 Å². The smallest absolute Gasteiger partial charge is 0.240 e. The average Bonchev–Trinajstić information content (AvgIpc) is 2.01. The highest BCUT2D eigenvalue weighted by Crippen LogP contribution is 2.12. The molecule has 78 valence electrons.